The van der Waals surface area contributed by atoms with E-state index in [0.717, 1.165) is 18.6 Å². The second-order valence-electron chi connectivity index (χ2n) is 4.65. The maximum atomic E-state index is 9.38. The Kier molecular flexibility index (Phi) is 5.84. The van der Waals surface area contributed by atoms with Gasteiger partial charge in [-0.3, -0.25) is 0 Å². The molecule has 0 aromatic heterocycles. The van der Waals surface area contributed by atoms with Crippen molar-refractivity contribution >= 4 is 0 Å². The van der Waals surface area contributed by atoms with Crippen molar-refractivity contribution in [2.45, 2.75) is 27.2 Å². The summed E-state index contributed by atoms with van der Waals surface area (Å²) in [6, 6.07) is 5.21. The molecule has 96 valence electrons. The van der Waals surface area contributed by atoms with Gasteiger partial charge in [-0.2, -0.15) is 0 Å². The van der Waals surface area contributed by atoms with E-state index in [2.05, 4.69) is 13.8 Å². The largest absolute Gasteiger partial charge is 0.508 e. The van der Waals surface area contributed by atoms with Gasteiger partial charge in [-0.1, -0.05) is 13.8 Å². The van der Waals surface area contributed by atoms with Crippen LogP contribution in [0.3, 0.4) is 0 Å². The molecule has 0 aliphatic heterocycles. The van der Waals surface area contributed by atoms with Crippen LogP contribution >= 0.6 is 0 Å². The lowest BCUT2D eigenvalue weighted by atomic mass is 10.1. The van der Waals surface area contributed by atoms with E-state index < -0.39 is 0 Å². The molecule has 0 aliphatic carbocycles. The molecule has 0 saturated carbocycles. The van der Waals surface area contributed by atoms with Crippen molar-refractivity contribution in [3.63, 3.8) is 0 Å². The minimum atomic E-state index is 0.237. The van der Waals surface area contributed by atoms with Gasteiger partial charge in [0.05, 0.1) is 6.61 Å². The number of aromatic hydroxyl groups is 1. The molecule has 0 saturated heterocycles. The Hall–Kier alpha value is -1.22. The number of phenols is 1. The summed E-state index contributed by atoms with van der Waals surface area (Å²) >= 11 is 0. The van der Waals surface area contributed by atoms with Crippen LogP contribution in [0.15, 0.2) is 18.2 Å². The molecule has 0 fully saturated rings. The standard InChI is InChI=1S/C14H22O3/c1-11(2)4-5-16-6-7-17-14-9-12(3)8-13(15)10-14/h8-11,15H,4-7H2,1-3H3. The average molecular weight is 238 g/mol. The van der Waals surface area contributed by atoms with Crippen LogP contribution in [0.25, 0.3) is 0 Å². The quantitative estimate of drug-likeness (QED) is 0.742. The maximum Gasteiger partial charge on any atom is 0.123 e. The lowest BCUT2D eigenvalue weighted by molar-refractivity contribution is 0.0925. The van der Waals surface area contributed by atoms with Crippen molar-refractivity contribution in [3.8, 4) is 11.5 Å². The first-order valence-corrected chi connectivity index (χ1v) is 6.09. The Morgan fingerprint density at radius 1 is 1.12 bits per heavy atom. The van der Waals surface area contributed by atoms with Gasteiger partial charge < -0.3 is 14.6 Å². The van der Waals surface area contributed by atoms with E-state index in [1.165, 1.54) is 0 Å². The lowest BCUT2D eigenvalue weighted by Gasteiger charge is -2.09. The molecule has 0 bridgehead atoms. The van der Waals surface area contributed by atoms with Gasteiger partial charge in [0, 0.05) is 12.7 Å². The highest BCUT2D eigenvalue weighted by molar-refractivity contribution is 5.36. The number of hydrogen-bond acceptors (Lipinski definition) is 3. The topological polar surface area (TPSA) is 38.7 Å². The van der Waals surface area contributed by atoms with Gasteiger partial charge in [0.25, 0.3) is 0 Å². The molecule has 0 heterocycles. The summed E-state index contributed by atoms with van der Waals surface area (Å²) in [6.45, 7) is 8.15. The molecule has 1 aromatic carbocycles. The highest BCUT2D eigenvalue weighted by atomic mass is 16.5. The Balaban J connectivity index is 2.18. The average Bonchev–Trinajstić information content (AvgIpc) is 2.21. The normalized spacial score (nSPS) is 10.8. The third kappa shape index (κ3) is 6.17. The van der Waals surface area contributed by atoms with Gasteiger partial charge in [-0.25, -0.2) is 0 Å². The predicted octanol–water partition coefficient (Wildman–Crippen LogP) is 3.14. The van der Waals surface area contributed by atoms with Gasteiger partial charge in [0.2, 0.25) is 0 Å². The van der Waals surface area contributed by atoms with E-state index in [1.807, 2.05) is 13.0 Å². The van der Waals surface area contributed by atoms with Crippen LogP contribution in [-0.4, -0.2) is 24.9 Å². The number of rotatable bonds is 7. The Labute approximate surface area is 103 Å². The summed E-state index contributed by atoms with van der Waals surface area (Å²) in [5, 5.41) is 9.38. The molecule has 1 N–H and O–H groups in total. The fourth-order valence-corrected chi connectivity index (χ4v) is 1.45. The second-order valence-corrected chi connectivity index (χ2v) is 4.65. The van der Waals surface area contributed by atoms with Crippen molar-refractivity contribution in [3.05, 3.63) is 23.8 Å². The minimum Gasteiger partial charge on any atom is -0.508 e. The number of benzene rings is 1. The van der Waals surface area contributed by atoms with E-state index >= 15 is 0 Å². The van der Waals surface area contributed by atoms with Crippen LogP contribution in [0.2, 0.25) is 0 Å². The number of aryl methyl sites for hydroxylation is 1. The van der Waals surface area contributed by atoms with Crippen molar-refractivity contribution in [2.75, 3.05) is 19.8 Å². The van der Waals surface area contributed by atoms with Gasteiger partial charge in [-0.15, -0.1) is 0 Å². The van der Waals surface area contributed by atoms with E-state index in [4.69, 9.17) is 9.47 Å². The maximum absolute atomic E-state index is 9.38. The van der Waals surface area contributed by atoms with Crippen LogP contribution in [0.1, 0.15) is 25.8 Å². The van der Waals surface area contributed by atoms with E-state index in [1.54, 1.807) is 12.1 Å². The molecule has 0 radical (unpaired) electrons. The van der Waals surface area contributed by atoms with Gasteiger partial charge in [-0.05, 0) is 37.0 Å². The molecule has 1 aromatic rings. The molecule has 1 rings (SSSR count). The molecule has 17 heavy (non-hydrogen) atoms. The highest BCUT2D eigenvalue weighted by Gasteiger charge is 1.99. The molecule has 0 aliphatic rings. The monoisotopic (exact) mass is 238 g/mol. The van der Waals surface area contributed by atoms with Crippen LogP contribution < -0.4 is 4.74 Å². The zero-order chi connectivity index (χ0) is 12.7. The Bertz CT molecular complexity index is 314. The fraction of sp³-hybridized carbons (Fsp3) is 0.571. The number of ether oxygens (including phenoxy) is 2. The summed E-state index contributed by atoms with van der Waals surface area (Å²) in [5.74, 6) is 1.60. The van der Waals surface area contributed by atoms with E-state index in [0.29, 0.717) is 24.9 Å². The highest BCUT2D eigenvalue weighted by Crippen LogP contribution is 2.20. The van der Waals surface area contributed by atoms with Crippen molar-refractivity contribution in [1.82, 2.24) is 0 Å². The molecular formula is C14H22O3. The summed E-state index contributed by atoms with van der Waals surface area (Å²) < 4.78 is 10.9. The zero-order valence-electron chi connectivity index (χ0n) is 10.9. The molecular weight excluding hydrogens is 216 g/mol. The van der Waals surface area contributed by atoms with E-state index in [9.17, 15) is 5.11 Å². The minimum absolute atomic E-state index is 0.237. The summed E-state index contributed by atoms with van der Waals surface area (Å²) in [5.41, 5.74) is 0.987. The fourth-order valence-electron chi connectivity index (χ4n) is 1.45. The van der Waals surface area contributed by atoms with Gasteiger partial charge in [0.15, 0.2) is 0 Å². The number of hydrogen-bond donors (Lipinski definition) is 1. The summed E-state index contributed by atoms with van der Waals surface area (Å²) in [4.78, 5) is 0. The molecule has 3 heteroatoms. The van der Waals surface area contributed by atoms with Crippen molar-refractivity contribution in [1.29, 1.82) is 0 Å². The SMILES string of the molecule is Cc1cc(O)cc(OCCOCCC(C)C)c1. The first-order chi connectivity index (χ1) is 8.08. The predicted molar refractivity (Wildman–Crippen MR) is 68.6 cm³/mol. The Morgan fingerprint density at radius 3 is 2.53 bits per heavy atom. The third-order valence-corrected chi connectivity index (χ3v) is 2.37. The summed E-state index contributed by atoms with van der Waals surface area (Å²) in [6.07, 6.45) is 1.07. The molecule has 0 atom stereocenters. The van der Waals surface area contributed by atoms with Crippen molar-refractivity contribution < 1.29 is 14.6 Å². The second kappa shape index (κ2) is 7.17. The Morgan fingerprint density at radius 2 is 1.88 bits per heavy atom. The summed E-state index contributed by atoms with van der Waals surface area (Å²) in [7, 11) is 0. The number of phenolic OH excluding ortho intramolecular Hbond substituents is 1. The molecule has 0 amide bonds. The van der Waals surface area contributed by atoms with E-state index in [-0.39, 0.29) is 5.75 Å². The van der Waals surface area contributed by atoms with Crippen LogP contribution in [0.5, 0.6) is 11.5 Å². The van der Waals surface area contributed by atoms with Gasteiger partial charge in [0.1, 0.15) is 18.1 Å². The molecule has 0 unspecified atom stereocenters. The smallest absolute Gasteiger partial charge is 0.123 e. The first-order valence-electron chi connectivity index (χ1n) is 6.09. The van der Waals surface area contributed by atoms with Crippen molar-refractivity contribution in [2.24, 2.45) is 5.92 Å². The van der Waals surface area contributed by atoms with Crippen LogP contribution in [0.4, 0.5) is 0 Å². The molecule has 3 nitrogen and oxygen atoms in total. The van der Waals surface area contributed by atoms with Crippen LogP contribution in [0, 0.1) is 12.8 Å². The third-order valence-electron chi connectivity index (χ3n) is 2.37. The zero-order valence-corrected chi connectivity index (χ0v) is 10.9. The molecule has 0 spiro atoms. The van der Waals surface area contributed by atoms with Gasteiger partial charge >= 0.3 is 0 Å². The van der Waals surface area contributed by atoms with Crippen LogP contribution in [-0.2, 0) is 4.74 Å². The first kappa shape index (κ1) is 13.8. The lowest BCUT2D eigenvalue weighted by Crippen LogP contribution is -2.08.